The van der Waals surface area contributed by atoms with Gasteiger partial charge in [-0.3, -0.25) is 0 Å². The molecular formula is C13H17FO3. The van der Waals surface area contributed by atoms with Crippen LogP contribution in [0.5, 0.6) is 0 Å². The summed E-state index contributed by atoms with van der Waals surface area (Å²) < 4.78 is 28.5. The van der Waals surface area contributed by atoms with Crippen LogP contribution in [0.1, 0.15) is 5.56 Å². The first-order valence-corrected chi connectivity index (χ1v) is 5.79. The molecule has 2 atom stereocenters. The molecule has 1 aliphatic heterocycles. The van der Waals surface area contributed by atoms with Crippen molar-refractivity contribution in [2.75, 3.05) is 26.5 Å². The topological polar surface area (TPSA) is 27.7 Å². The van der Waals surface area contributed by atoms with E-state index < -0.39 is 12.8 Å². The van der Waals surface area contributed by atoms with Gasteiger partial charge in [0.1, 0.15) is 18.9 Å². The van der Waals surface area contributed by atoms with E-state index in [0.717, 1.165) is 5.56 Å². The van der Waals surface area contributed by atoms with Gasteiger partial charge in [0.05, 0.1) is 26.4 Å². The van der Waals surface area contributed by atoms with E-state index in [2.05, 4.69) is 0 Å². The van der Waals surface area contributed by atoms with Gasteiger partial charge >= 0.3 is 0 Å². The third-order valence-electron chi connectivity index (χ3n) is 2.62. The SMILES string of the molecule is FCC1COC(COCc2ccccc2)CO1. The highest BCUT2D eigenvalue weighted by atomic mass is 19.1. The van der Waals surface area contributed by atoms with Gasteiger partial charge in [0.2, 0.25) is 0 Å². The molecule has 1 heterocycles. The summed E-state index contributed by atoms with van der Waals surface area (Å²) in [6, 6.07) is 9.95. The lowest BCUT2D eigenvalue weighted by molar-refractivity contribution is -0.156. The van der Waals surface area contributed by atoms with E-state index in [0.29, 0.717) is 26.4 Å². The fourth-order valence-corrected chi connectivity index (χ4v) is 1.65. The van der Waals surface area contributed by atoms with Crippen molar-refractivity contribution < 1.29 is 18.6 Å². The lowest BCUT2D eigenvalue weighted by atomic mass is 10.2. The van der Waals surface area contributed by atoms with Crippen molar-refractivity contribution in [3.05, 3.63) is 35.9 Å². The Bertz CT molecular complexity index is 310. The predicted molar refractivity (Wildman–Crippen MR) is 61.6 cm³/mol. The molecule has 0 aliphatic carbocycles. The molecule has 2 rings (SSSR count). The molecule has 0 N–H and O–H groups in total. The molecule has 1 aliphatic rings. The van der Waals surface area contributed by atoms with E-state index in [1.54, 1.807) is 0 Å². The van der Waals surface area contributed by atoms with E-state index in [-0.39, 0.29) is 6.10 Å². The van der Waals surface area contributed by atoms with E-state index in [9.17, 15) is 4.39 Å². The molecule has 0 radical (unpaired) electrons. The van der Waals surface area contributed by atoms with Crippen LogP contribution < -0.4 is 0 Å². The lowest BCUT2D eigenvalue weighted by Crippen LogP contribution is -2.39. The quantitative estimate of drug-likeness (QED) is 0.787. The van der Waals surface area contributed by atoms with E-state index >= 15 is 0 Å². The minimum absolute atomic E-state index is 0.0819. The van der Waals surface area contributed by atoms with Crippen LogP contribution in [0.4, 0.5) is 4.39 Å². The molecule has 17 heavy (non-hydrogen) atoms. The van der Waals surface area contributed by atoms with Gasteiger partial charge < -0.3 is 14.2 Å². The zero-order chi connectivity index (χ0) is 11.9. The van der Waals surface area contributed by atoms with Crippen molar-refractivity contribution in [2.24, 2.45) is 0 Å². The highest BCUT2D eigenvalue weighted by Gasteiger charge is 2.21. The molecule has 1 aromatic rings. The molecule has 0 spiro atoms. The first-order chi connectivity index (χ1) is 8.38. The third-order valence-corrected chi connectivity index (χ3v) is 2.62. The molecule has 0 bridgehead atoms. The summed E-state index contributed by atoms with van der Waals surface area (Å²) in [6.07, 6.45) is -0.484. The summed E-state index contributed by atoms with van der Waals surface area (Å²) >= 11 is 0. The Hall–Kier alpha value is -0.970. The van der Waals surface area contributed by atoms with Crippen LogP contribution in [0.2, 0.25) is 0 Å². The van der Waals surface area contributed by atoms with Crippen molar-refractivity contribution in [1.29, 1.82) is 0 Å². The average Bonchev–Trinajstić information content (AvgIpc) is 2.41. The first kappa shape index (κ1) is 12.5. The molecule has 2 unspecified atom stereocenters. The second-order valence-electron chi connectivity index (χ2n) is 4.07. The maximum Gasteiger partial charge on any atom is 0.118 e. The zero-order valence-corrected chi connectivity index (χ0v) is 9.68. The van der Waals surface area contributed by atoms with Gasteiger partial charge in [-0.25, -0.2) is 4.39 Å². The molecule has 0 aromatic heterocycles. The predicted octanol–water partition coefficient (Wildman–Crippen LogP) is 1.96. The van der Waals surface area contributed by atoms with Crippen LogP contribution in [0.3, 0.4) is 0 Å². The summed E-state index contributed by atoms with van der Waals surface area (Å²) in [6.45, 7) is 1.28. The molecule has 4 heteroatoms. The minimum Gasteiger partial charge on any atom is -0.374 e. The van der Waals surface area contributed by atoms with Gasteiger partial charge in [0.15, 0.2) is 0 Å². The van der Waals surface area contributed by atoms with Gasteiger partial charge in [0.25, 0.3) is 0 Å². The Morgan fingerprint density at radius 1 is 1.12 bits per heavy atom. The number of halogens is 1. The van der Waals surface area contributed by atoms with Crippen molar-refractivity contribution in [2.45, 2.75) is 18.8 Å². The van der Waals surface area contributed by atoms with E-state index in [1.165, 1.54) is 0 Å². The van der Waals surface area contributed by atoms with Crippen LogP contribution in [0.25, 0.3) is 0 Å². The largest absolute Gasteiger partial charge is 0.374 e. The minimum atomic E-state index is -0.488. The summed E-state index contributed by atoms with van der Waals surface area (Å²) in [7, 11) is 0. The number of benzene rings is 1. The maximum absolute atomic E-state index is 12.2. The maximum atomic E-state index is 12.2. The summed E-state index contributed by atoms with van der Waals surface area (Å²) in [5.74, 6) is 0. The van der Waals surface area contributed by atoms with Crippen molar-refractivity contribution in [3.63, 3.8) is 0 Å². The Morgan fingerprint density at radius 3 is 2.47 bits per heavy atom. The Kier molecular flexibility index (Phi) is 4.91. The first-order valence-electron chi connectivity index (χ1n) is 5.79. The standard InChI is InChI=1S/C13H17FO3/c14-6-12-9-17-13(10-16-12)8-15-7-11-4-2-1-3-5-11/h1-5,12-13H,6-10H2. The van der Waals surface area contributed by atoms with Crippen LogP contribution in [-0.2, 0) is 20.8 Å². The summed E-state index contributed by atoms with van der Waals surface area (Å²) in [4.78, 5) is 0. The number of hydrogen-bond donors (Lipinski definition) is 0. The fraction of sp³-hybridized carbons (Fsp3) is 0.538. The van der Waals surface area contributed by atoms with E-state index in [1.807, 2.05) is 30.3 Å². The van der Waals surface area contributed by atoms with Crippen LogP contribution >= 0.6 is 0 Å². The van der Waals surface area contributed by atoms with Gasteiger partial charge in [-0.05, 0) is 5.56 Å². The molecule has 1 fully saturated rings. The highest BCUT2D eigenvalue weighted by Crippen LogP contribution is 2.09. The second kappa shape index (κ2) is 6.69. The van der Waals surface area contributed by atoms with Crippen LogP contribution in [0, 0.1) is 0 Å². The zero-order valence-electron chi connectivity index (χ0n) is 9.68. The summed E-state index contributed by atoms with van der Waals surface area (Å²) in [5.41, 5.74) is 1.13. The van der Waals surface area contributed by atoms with Crippen molar-refractivity contribution in [3.8, 4) is 0 Å². The average molecular weight is 240 g/mol. The number of ether oxygens (including phenoxy) is 3. The molecule has 3 nitrogen and oxygen atoms in total. The second-order valence-corrected chi connectivity index (χ2v) is 4.07. The fourth-order valence-electron chi connectivity index (χ4n) is 1.65. The molecule has 0 amide bonds. The normalized spacial score (nSPS) is 24.8. The molecule has 94 valence electrons. The van der Waals surface area contributed by atoms with Gasteiger partial charge in [-0.2, -0.15) is 0 Å². The molecule has 1 saturated heterocycles. The molecular weight excluding hydrogens is 223 g/mol. The molecule has 0 saturated carbocycles. The number of rotatable bonds is 5. The van der Waals surface area contributed by atoms with Crippen LogP contribution in [-0.4, -0.2) is 38.7 Å². The monoisotopic (exact) mass is 240 g/mol. The highest BCUT2D eigenvalue weighted by molar-refractivity contribution is 5.13. The van der Waals surface area contributed by atoms with Crippen molar-refractivity contribution in [1.82, 2.24) is 0 Å². The van der Waals surface area contributed by atoms with Gasteiger partial charge in [-0.1, -0.05) is 30.3 Å². The van der Waals surface area contributed by atoms with Crippen LogP contribution in [0.15, 0.2) is 30.3 Å². The van der Waals surface area contributed by atoms with Gasteiger partial charge in [0, 0.05) is 0 Å². The number of hydrogen-bond acceptors (Lipinski definition) is 3. The Morgan fingerprint density at radius 2 is 1.82 bits per heavy atom. The Labute approximate surface area is 100 Å². The number of alkyl halides is 1. The smallest absolute Gasteiger partial charge is 0.118 e. The van der Waals surface area contributed by atoms with E-state index in [4.69, 9.17) is 14.2 Å². The third kappa shape index (κ3) is 4.07. The Balaban J connectivity index is 1.63. The molecule has 1 aromatic carbocycles. The summed E-state index contributed by atoms with van der Waals surface area (Å²) in [5, 5.41) is 0. The van der Waals surface area contributed by atoms with Crippen molar-refractivity contribution >= 4 is 0 Å². The lowest BCUT2D eigenvalue weighted by Gasteiger charge is -2.27. The van der Waals surface area contributed by atoms with Gasteiger partial charge in [-0.15, -0.1) is 0 Å².